The normalized spacial score (nSPS) is 10.6. The minimum atomic E-state index is -0.0571. The van der Waals surface area contributed by atoms with Crippen LogP contribution in [0.15, 0.2) is 0 Å². The van der Waals surface area contributed by atoms with Crippen molar-refractivity contribution in [3.63, 3.8) is 0 Å². The van der Waals surface area contributed by atoms with Gasteiger partial charge in [-0.1, -0.05) is 0 Å². The minimum absolute atomic E-state index is 0.0268. The van der Waals surface area contributed by atoms with Crippen LogP contribution in [0.4, 0.5) is 0 Å². The maximum absolute atomic E-state index is 11.0. The molecule has 0 aromatic rings. The Morgan fingerprint density at radius 2 is 1.56 bits per heavy atom. The summed E-state index contributed by atoms with van der Waals surface area (Å²) >= 11 is 0. The van der Waals surface area contributed by atoms with Crippen molar-refractivity contribution in [2.45, 2.75) is 6.42 Å². The Morgan fingerprint density at radius 1 is 1.00 bits per heavy atom. The molecule has 0 atom stereocenters. The van der Waals surface area contributed by atoms with Gasteiger partial charge >= 0.3 is 0 Å². The van der Waals surface area contributed by atoms with Crippen LogP contribution in [-0.2, 0) is 19.0 Å². The first-order valence-electron chi connectivity index (χ1n) is 6.12. The molecular formula is C11H24N2O5. The summed E-state index contributed by atoms with van der Waals surface area (Å²) in [4.78, 5) is 11.0. The zero-order valence-corrected chi connectivity index (χ0v) is 10.7. The molecule has 7 heteroatoms. The summed E-state index contributed by atoms with van der Waals surface area (Å²) in [5, 5.41) is 11.1. The van der Waals surface area contributed by atoms with E-state index in [1.165, 1.54) is 0 Å². The summed E-state index contributed by atoms with van der Waals surface area (Å²) < 4.78 is 15.5. The van der Waals surface area contributed by atoms with Crippen molar-refractivity contribution in [2.75, 3.05) is 59.3 Å². The van der Waals surface area contributed by atoms with Gasteiger partial charge in [-0.25, -0.2) is 0 Å². The number of nitrogens with one attached hydrogen (secondary N) is 1. The molecule has 4 N–H and O–H groups in total. The van der Waals surface area contributed by atoms with Crippen LogP contribution in [0.2, 0.25) is 0 Å². The largest absolute Gasteiger partial charge is 0.394 e. The molecule has 0 saturated carbocycles. The van der Waals surface area contributed by atoms with Gasteiger partial charge < -0.3 is 30.4 Å². The third-order valence-corrected chi connectivity index (χ3v) is 1.92. The van der Waals surface area contributed by atoms with Crippen molar-refractivity contribution < 1.29 is 24.1 Å². The van der Waals surface area contributed by atoms with Gasteiger partial charge in [0.05, 0.1) is 46.2 Å². The van der Waals surface area contributed by atoms with E-state index in [1.54, 1.807) is 0 Å². The molecule has 0 aromatic carbocycles. The molecule has 108 valence electrons. The maximum atomic E-state index is 11.0. The number of carbonyl (C=O) groups excluding carboxylic acids is 1. The van der Waals surface area contributed by atoms with E-state index in [9.17, 15) is 4.79 Å². The van der Waals surface area contributed by atoms with Gasteiger partial charge in [-0.15, -0.1) is 0 Å². The van der Waals surface area contributed by atoms with Gasteiger partial charge in [0.25, 0.3) is 0 Å². The number of ether oxygens (including phenoxy) is 3. The first-order chi connectivity index (χ1) is 8.81. The van der Waals surface area contributed by atoms with E-state index in [0.29, 0.717) is 59.2 Å². The zero-order chi connectivity index (χ0) is 13.5. The number of rotatable bonds is 13. The quantitative estimate of drug-likeness (QED) is 0.350. The predicted molar refractivity (Wildman–Crippen MR) is 66.2 cm³/mol. The van der Waals surface area contributed by atoms with E-state index in [4.69, 9.17) is 25.1 Å². The number of hydrogen-bond acceptors (Lipinski definition) is 6. The monoisotopic (exact) mass is 264 g/mol. The summed E-state index contributed by atoms with van der Waals surface area (Å²) in [5.41, 5.74) is 5.23. The van der Waals surface area contributed by atoms with Crippen molar-refractivity contribution in [1.82, 2.24) is 5.32 Å². The molecule has 0 spiro atoms. The molecule has 7 nitrogen and oxygen atoms in total. The van der Waals surface area contributed by atoms with E-state index in [2.05, 4.69) is 5.32 Å². The van der Waals surface area contributed by atoms with Crippen LogP contribution in [0.3, 0.4) is 0 Å². The molecule has 0 aliphatic rings. The molecule has 0 rings (SSSR count). The molecule has 0 aliphatic carbocycles. The topological polar surface area (TPSA) is 103 Å². The lowest BCUT2D eigenvalue weighted by Gasteiger charge is -2.07. The fraction of sp³-hybridized carbons (Fsp3) is 0.909. The van der Waals surface area contributed by atoms with Crippen molar-refractivity contribution in [3.05, 3.63) is 0 Å². The second-order valence-corrected chi connectivity index (χ2v) is 3.45. The van der Waals surface area contributed by atoms with Crippen molar-refractivity contribution in [3.8, 4) is 0 Å². The van der Waals surface area contributed by atoms with E-state index >= 15 is 0 Å². The van der Waals surface area contributed by atoms with Gasteiger partial charge in [-0.3, -0.25) is 4.79 Å². The van der Waals surface area contributed by atoms with E-state index in [0.717, 1.165) is 0 Å². The van der Waals surface area contributed by atoms with Crippen molar-refractivity contribution >= 4 is 5.91 Å². The number of nitrogens with two attached hydrogens (primary N) is 1. The molecule has 0 saturated heterocycles. The Morgan fingerprint density at radius 3 is 2.11 bits per heavy atom. The van der Waals surface area contributed by atoms with Gasteiger partial charge in [-0.2, -0.15) is 0 Å². The van der Waals surface area contributed by atoms with Crippen LogP contribution in [0, 0.1) is 0 Å². The van der Waals surface area contributed by atoms with Crippen molar-refractivity contribution in [2.24, 2.45) is 5.73 Å². The molecule has 0 aliphatic heterocycles. The Bertz CT molecular complexity index is 192. The highest BCUT2D eigenvalue weighted by Crippen LogP contribution is 1.81. The van der Waals surface area contributed by atoms with Crippen LogP contribution in [0.25, 0.3) is 0 Å². The number of carbonyl (C=O) groups is 1. The minimum Gasteiger partial charge on any atom is -0.394 e. The highest BCUT2D eigenvalue weighted by molar-refractivity contribution is 5.75. The highest BCUT2D eigenvalue weighted by Gasteiger charge is 1.97. The molecule has 0 radical (unpaired) electrons. The summed E-state index contributed by atoms with van der Waals surface area (Å²) in [6.07, 6.45) is 0.344. The fourth-order valence-corrected chi connectivity index (χ4v) is 1.09. The molecule has 0 bridgehead atoms. The van der Waals surface area contributed by atoms with Crippen LogP contribution in [0.1, 0.15) is 6.42 Å². The fourth-order valence-electron chi connectivity index (χ4n) is 1.09. The molecule has 0 fully saturated rings. The van der Waals surface area contributed by atoms with Gasteiger partial charge in [-0.05, 0) is 0 Å². The lowest BCUT2D eigenvalue weighted by Crippen LogP contribution is -2.29. The summed E-state index contributed by atoms with van der Waals surface area (Å²) in [6, 6.07) is 0. The van der Waals surface area contributed by atoms with Crippen LogP contribution >= 0.6 is 0 Å². The first-order valence-corrected chi connectivity index (χ1v) is 6.12. The van der Waals surface area contributed by atoms with Crippen molar-refractivity contribution in [1.29, 1.82) is 0 Å². The second kappa shape index (κ2) is 14.3. The smallest absolute Gasteiger partial charge is 0.221 e. The second-order valence-electron chi connectivity index (χ2n) is 3.45. The van der Waals surface area contributed by atoms with E-state index in [-0.39, 0.29) is 12.5 Å². The van der Waals surface area contributed by atoms with Gasteiger partial charge in [0, 0.05) is 19.5 Å². The third kappa shape index (κ3) is 13.3. The Balaban J connectivity index is 3.01. The first kappa shape index (κ1) is 17.3. The lowest BCUT2D eigenvalue weighted by atomic mass is 10.4. The average Bonchev–Trinajstić information content (AvgIpc) is 2.36. The number of amides is 1. The highest BCUT2D eigenvalue weighted by atomic mass is 16.5. The SMILES string of the molecule is NCCC(=O)NCCOCCOCCOCCO. The molecule has 0 aromatic heterocycles. The number of aliphatic hydroxyl groups is 1. The zero-order valence-electron chi connectivity index (χ0n) is 10.7. The number of hydrogen-bond donors (Lipinski definition) is 3. The molecular weight excluding hydrogens is 240 g/mol. The average molecular weight is 264 g/mol. The predicted octanol–water partition coefficient (Wildman–Crippen LogP) is -1.51. The van der Waals surface area contributed by atoms with E-state index in [1.807, 2.05) is 0 Å². The summed E-state index contributed by atoms with van der Waals surface area (Å²) in [6.45, 7) is 3.58. The van der Waals surface area contributed by atoms with Gasteiger partial charge in [0.2, 0.25) is 5.91 Å². The lowest BCUT2D eigenvalue weighted by molar-refractivity contribution is -0.121. The molecule has 0 heterocycles. The van der Waals surface area contributed by atoms with Crippen LogP contribution in [-0.4, -0.2) is 70.4 Å². The molecule has 1 amide bonds. The third-order valence-electron chi connectivity index (χ3n) is 1.92. The number of aliphatic hydroxyl groups excluding tert-OH is 1. The van der Waals surface area contributed by atoms with Crippen LogP contribution < -0.4 is 11.1 Å². The van der Waals surface area contributed by atoms with Crippen LogP contribution in [0.5, 0.6) is 0 Å². The van der Waals surface area contributed by atoms with Gasteiger partial charge in [0.15, 0.2) is 0 Å². The summed E-state index contributed by atoms with van der Waals surface area (Å²) in [5.74, 6) is -0.0571. The van der Waals surface area contributed by atoms with Gasteiger partial charge in [0.1, 0.15) is 0 Å². The Kier molecular flexibility index (Phi) is 13.8. The van der Waals surface area contributed by atoms with E-state index < -0.39 is 0 Å². The molecule has 18 heavy (non-hydrogen) atoms. The maximum Gasteiger partial charge on any atom is 0.221 e. The Labute approximate surface area is 108 Å². The summed E-state index contributed by atoms with van der Waals surface area (Å²) in [7, 11) is 0. The Hall–Kier alpha value is -0.730. The molecule has 0 unspecified atom stereocenters. The standard InChI is InChI=1S/C11H24N2O5/c12-2-1-11(15)13-3-5-16-7-9-18-10-8-17-6-4-14/h14H,1-10,12H2,(H,13,15).